The lowest BCUT2D eigenvalue weighted by Crippen LogP contribution is -2.31. The number of halogens is 1. The standard InChI is InChI=1S/C22H17ClN2O4S/c1-12-11-30-22(24-12)25-21(27)13(2)28-20-18(26)16-5-3-4-6-17(16)29-19(20)14-7-9-15(23)10-8-14/h3-11,13H,1-2H3,(H,24,25,27). The number of aryl methyl sites for hydroxylation is 1. The van der Waals surface area contributed by atoms with Gasteiger partial charge >= 0.3 is 0 Å². The van der Waals surface area contributed by atoms with Gasteiger partial charge in [-0.2, -0.15) is 0 Å². The Morgan fingerprint density at radius 1 is 1.20 bits per heavy atom. The highest BCUT2D eigenvalue weighted by Crippen LogP contribution is 2.32. The van der Waals surface area contributed by atoms with Gasteiger partial charge in [-0.3, -0.25) is 14.9 Å². The Morgan fingerprint density at radius 2 is 1.93 bits per heavy atom. The van der Waals surface area contributed by atoms with Crippen molar-refractivity contribution in [3.8, 4) is 17.1 Å². The van der Waals surface area contributed by atoms with E-state index in [1.165, 1.54) is 11.3 Å². The molecule has 0 spiro atoms. The topological polar surface area (TPSA) is 81.4 Å². The first-order valence-corrected chi connectivity index (χ1v) is 10.4. The van der Waals surface area contributed by atoms with E-state index in [4.69, 9.17) is 20.8 Å². The lowest BCUT2D eigenvalue weighted by Gasteiger charge is -2.16. The fraction of sp³-hybridized carbons (Fsp3) is 0.136. The molecule has 8 heteroatoms. The van der Waals surface area contributed by atoms with Gasteiger partial charge < -0.3 is 9.15 Å². The maximum Gasteiger partial charge on any atom is 0.266 e. The van der Waals surface area contributed by atoms with E-state index in [2.05, 4.69) is 10.3 Å². The number of nitrogens with zero attached hydrogens (tertiary/aromatic N) is 1. The number of ether oxygens (including phenoxy) is 1. The number of carbonyl (C=O) groups excluding carboxylic acids is 1. The number of anilines is 1. The van der Waals surface area contributed by atoms with Gasteiger partial charge in [-0.25, -0.2) is 4.98 Å². The second-order valence-corrected chi connectivity index (χ2v) is 7.93. The van der Waals surface area contributed by atoms with Gasteiger partial charge in [0.25, 0.3) is 5.91 Å². The second kappa shape index (κ2) is 8.30. The van der Waals surface area contributed by atoms with E-state index in [0.29, 0.717) is 26.7 Å². The summed E-state index contributed by atoms with van der Waals surface area (Å²) in [7, 11) is 0. The van der Waals surface area contributed by atoms with Crippen LogP contribution in [0.5, 0.6) is 5.75 Å². The van der Waals surface area contributed by atoms with E-state index >= 15 is 0 Å². The summed E-state index contributed by atoms with van der Waals surface area (Å²) in [5.41, 5.74) is 1.49. The third-order valence-electron chi connectivity index (χ3n) is 4.38. The van der Waals surface area contributed by atoms with Crippen LogP contribution in [0.1, 0.15) is 12.6 Å². The quantitative estimate of drug-likeness (QED) is 0.456. The highest BCUT2D eigenvalue weighted by atomic mass is 35.5. The maximum atomic E-state index is 13.2. The summed E-state index contributed by atoms with van der Waals surface area (Å²) in [4.78, 5) is 29.9. The van der Waals surface area contributed by atoms with Crippen LogP contribution >= 0.6 is 22.9 Å². The number of hydrogen-bond acceptors (Lipinski definition) is 6. The molecule has 0 fully saturated rings. The van der Waals surface area contributed by atoms with Crippen molar-refractivity contribution in [2.75, 3.05) is 5.32 Å². The summed E-state index contributed by atoms with van der Waals surface area (Å²) in [6.07, 6.45) is -0.954. The number of fused-ring (bicyclic) bond motifs is 1. The average Bonchev–Trinajstić information content (AvgIpc) is 3.15. The molecule has 0 aliphatic heterocycles. The number of amides is 1. The molecule has 1 unspecified atom stereocenters. The van der Waals surface area contributed by atoms with E-state index in [9.17, 15) is 9.59 Å². The Kier molecular flexibility index (Phi) is 5.57. The fourth-order valence-electron chi connectivity index (χ4n) is 2.87. The smallest absolute Gasteiger partial charge is 0.266 e. The summed E-state index contributed by atoms with van der Waals surface area (Å²) in [5, 5.41) is 5.92. The maximum absolute atomic E-state index is 13.2. The molecular formula is C22H17ClN2O4S. The summed E-state index contributed by atoms with van der Waals surface area (Å²) in [6, 6.07) is 13.7. The summed E-state index contributed by atoms with van der Waals surface area (Å²) < 4.78 is 11.8. The van der Waals surface area contributed by atoms with Crippen molar-refractivity contribution in [2.24, 2.45) is 0 Å². The number of rotatable bonds is 5. The Labute approximate surface area is 181 Å². The number of benzene rings is 2. The zero-order valence-corrected chi connectivity index (χ0v) is 17.7. The molecule has 2 heterocycles. The van der Waals surface area contributed by atoms with E-state index in [0.717, 1.165) is 5.69 Å². The molecule has 152 valence electrons. The van der Waals surface area contributed by atoms with Gasteiger partial charge in [-0.1, -0.05) is 23.7 Å². The summed E-state index contributed by atoms with van der Waals surface area (Å²) in [5.74, 6) is -0.215. The lowest BCUT2D eigenvalue weighted by atomic mass is 10.1. The van der Waals surface area contributed by atoms with Crippen molar-refractivity contribution >= 4 is 44.9 Å². The number of para-hydroxylation sites is 1. The number of aromatic nitrogens is 1. The van der Waals surface area contributed by atoms with Crippen molar-refractivity contribution in [2.45, 2.75) is 20.0 Å². The normalized spacial score (nSPS) is 12.0. The molecule has 0 aliphatic rings. The second-order valence-electron chi connectivity index (χ2n) is 6.64. The van der Waals surface area contributed by atoms with Crippen molar-refractivity contribution in [1.29, 1.82) is 0 Å². The van der Waals surface area contributed by atoms with E-state index < -0.39 is 12.0 Å². The van der Waals surface area contributed by atoms with Gasteiger partial charge in [0.1, 0.15) is 5.58 Å². The highest BCUT2D eigenvalue weighted by molar-refractivity contribution is 7.13. The first kappa shape index (κ1) is 20.1. The predicted octanol–water partition coefficient (Wildman–Crippen LogP) is 5.28. The minimum atomic E-state index is -0.954. The zero-order valence-electron chi connectivity index (χ0n) is 16.1. The van der Waals surface area contributed by atoms with Crippen LogP contribution in [0, 0.1) is 6.92 Å². The van der Waals surface area contributed by atoms with Crippen LogP contribution in [0.15, 0.2) is 63.1 Å². The summed E-state index contributed by atoms with van der Waals surface area (Å²) >= 11 is 7.31. The zero-order chi connectivity index (χ0) is 21.3. The molecule has 4 rings (SSSR count). The van der Waals surface area contributed by atoms with Gasteiger partial charge in [0.05, 0.1) is 11.1 Å². The molecule has 4 aromatic rings. The molecule has 2 aromatic heterocycles. The van der Waals surface area contributed by atoms with E-state index in [-0.39, 0.29) is 16.9 Å². The van der Waals surface area contributed by atoms with Crippen LogP contribution in [0.3, 0.4) is 0 Å². The van der Waals surface area contributed by atoms with Crippen LogP contribution in [-0.2, 0) is 4.79 Å². The fourth-order valence-corrected chi connectivity index (χ4v) is 3.69. The van der Waals surface area contributed by atoms with Crippen molar-refractivity contribution < 1.29 is 13.9 Å². The Balaban J connectivity index is 1.73. The number of nitrogens with one attached hydrogen (secondary N) is 1. The van der Waals surface area contributed by atoms with Gasteiger partial charge in [-0.05, 0) is 50.2 Å². The SMILES string of the molecule is Cc1csc(NC(=O)C(C)Oc2c(-c3ccc(Cl)cc3)oc3ccccc3c2=O)n1. The van der Waals surface area contributed by atoms with Crippen LogP contribution < -0.4 is 15.5 Å². The van der Waals surface area contributed by atoms with Gasteiger partial charge in [0, 0.05) is 16.0 Å². The largest absolute Gasteiger partial charge is 0.473 e. The number of hydrogen-bond donors (Lipinski definition) is 1. The van der Waals surface area contributed by atoms with Gasteiger partial charge in [0.15, 0.2) is 17.0 Å². The van der Waals surface area contributed by atoms with Crippen LogP contribution in [-0.4, -0.2) is 17.0 Å². The molecule has 0 bridgehead atoms. The van der Waals surface area contributed by atoms with E-state index in [1.54, 1.807) is 55.5 Å². The average molecular weight is 441 g/mol. The Bertz CT molecular complexity index is 1280. The molecule has 1 atom stereocenters. The molecule has 0 saturated carbocycles. The van der Waals surface area contributed by atoms with Crippen molar-refractivity contribution in [3.63, 3.8) is 0 Å². The molecular weight excluding hydrogens is 424 g/mol. The predicted molar refractivity (Wildman–Crippen MR) is 119 cm³/mol. The van der Waals surface area contributed by atoms with Crippen molar-refractivity contribution in [1.82, 2.24) is 4.98 Å². The van der Waals surface area contributed by atoms with Crippen LogP contribution in [0.2, 0.25) is 5.02 Å². The lowest BCUT2D eigenvalue weighted by molar-refractivity contribution is -0.122. The van der Waals surface area contributed by atoms with E-state index in [1.807, 2.05) is 12.3 Å². The molecule has 0 radical (unpaired) electrons. The minimum Gasteiger partial charge on any atom is -0.473 e. The first-order valence-electron chi connectivity index (χ1n) is 9.14. The molecule has 6 nitrogen and oxygen atoms in total. The van der Waals surface area contributed by atoms with Crippen molar-refractivity contribution in [3.05, 3.63) is 74.9 Å². The van der Waals surface area contributed by atoms with Gasteiger partial charge in [0.2, 0.25) is 11.2 Å². The third kappa shape index (κ3) is 4.08. The molecule has 1 amide bonds. The minimum absolute atomic E-state index is 0.0333. The number of thiazole rings is 1. The first-order chi connectivity index (χ1) is 14.4. The Hall–Kier alpha value is -3.16. The third-order valence-corrected chi connectivity index (χ3v) is 5.50. The molecule has 1 N–H and O–H groups in total. The monoisotopic (exact) mass is 440 g/mol. The highest BCUT2D eigenvalue weighted by Gasteiger charge is 2.23. The molecule has 0 aliphatic carbocycles. The van der Waals surface area contributed by atoms with Gasteiger partial charge in [-0.15, -0.1) is 11.3 Å². The van der Waals surface area contributed by atoms with Crippen LogP contribution in [0.25, 0.3) is 22.3 Å². The Morgan fingerprint density at radius 3 is 2.63 bits per heavy atom. The molecule has 0 saturated heterocycles. The summed E-state index contributed by atoms with van der Waals surface area (Å²) in [6.45, 7) is 3.40. The molecule has 30 heavy (non-hydrogen) atoms. The van der Waals surface area contributed by atoms with Crippen LogP contribution in [0.4, 0.5) is 5.13 Å². The number of carbonyl (C=O) groups is 1. The molecule has 2 aromatic carbocycles.